The maximum Gasteiger partial charge on any atom is 0.0458 e. The number of hydrogen-bond donors (Lipinski definition) is 1. The van der Waals surface area contributed by atoms with E-state index in [1.807, 2.05) is 27.7 Å². The molecule has 2 aromatic rings. The lowest BCUT2D eigenvalue weighted by Gasteiger charge is -1.96. The van der Waals surface area contributed by atoms with E-state index in [1.165, 1.54) is 35.0 Å². The van der Waals surface area contributed by atoms with Crippen molar-refractivity contribution < 1.29 is 0 Å². The SMILES string of the molecule is CC.CC.CCCc1c(C)[nH]c2ccccc12. The summed E-state index contributed by atoms with van der Waals surface area (Å²) in [7, 11) is 0. The number of hydrogen-bond acceptors (Lipinski definition) is 0. The second-order valence-corrected chi connectivity index (χ2v) is 3.52. The Morgan fingerprint density at radius 3 is 2.18 bits per heavy atom. The Balaban J connectivity index is 0.000000581. The molecule has 0 aliphatic carbocycles. The van der Waals surface area contributed by atoms with E-state index in [1.54, 1.807) is 0 Å². The quantitative estimate of drug-likeness (QED) is 0.706. The predicted molar refractivity (Wildman–Crippen MR) is 79.7 cm³/mol. The first-order chi connectivity index (χ1) is 8.33. The van der Waals surface area contributed by atoms with Crippen molar-refractivity contribution in [3.63, 3.8) is 0 Å². The molecule has 17 heavy (non-hydrogen) atoms. The lowest BCUT2D eigenvalue weighted by atomic mass is 10.1. The summed E-state index contributed by atoms with van der Waals surface area (Å²) in [6.45, 7) is 12.4. The van der Waals surface area contributed by atoms with Gasteiger partial charge < -0.3 is 4.98 Å². The average Bonchev–Trinajstić information content (AvgIpc) is 2.72. The zero-order valence-corrected chi connectivity index (χ0v) is 12.2. The second kappa shape index (κ2) is 8.86. The Labute approximate surface area is 106 Å². The molecule has 1 heterocycles. The molecule has 1 aromatic heterocycles. The van der Waals surface area contributed by atoms with Gasteiger partial charge in [0.05, 0.1) is 0 Å². The summed E-state index contributed by atoms with van der Waals surface area (Å²) in [5, 5.41) is 1.39. The van der Waals surface area contributed by atoms with E-state index in [0.29, 0.717) is 0 Å². The predicted octanol–water partition coefficient (Wildman–Crippen LogP) is 5.48. The van der Waals surface area contributed by atoms with Crippen LogP contribution in [0.15, 0.2) is 24.3 Å². The number of aryl methyl sites for hydroxylation is 2. The van der Waals surface area contributed by atoms with Crippen LogP contribution in [-0.4, -0.2) is 4.98 Å². The van der Waals surface area contributed by atoms with Gasteiger partial charge in [-0.05, 0) is 25.0 Å². The zero-order chi connectivity index (χ0) is 13.3. The van der Waals surface area contributed by atoms with Gasteiger partial charge in [0, 0.05) is 16.6 Å². The fraction of sp³-hybridized carbons (Fsp3) is 0.500. The Morgan fingerprint density at radius 2 is 1.59 bits per heavy atom. The maximum atomic E-state index is 3.41. The first kappa shape index (κ1) is 15.8. The van der Waals surface area contributed by atoms with Crippen molar-refractivity contribution in [1.82, 2.24) is 4.98 Å². The molecule has 0 aliphatic rings. The molecule has 0 radical (unpaired) electrons. The van der Waals surface area contributed by atoms with Crippen molar-refractivity contribution in [2.45, 2.75) is 54.4 Å². The van der Waals surface area contributed by atoms with Crippen LogP contribution < -0.4 is 0 Å². The molecular formula is C16H27N. The number of fused-ring (bicyclic) bond motifs is 1. The Morgan fingerprint density at radius 1 is 1.00 bits per heavy atom. The minimum absolute atomic E-state index is 1.18. The smallest absolute Gasteiger partial charge is 0.0458 e. The van der Waals surface area contributed by atoms with E-state index in [2.05, 4.69) is 43.1 Å². The molecule has 2 rings (SSSR count). The van der Waals surface area contributed by atoms with Crippen LogP contribution in [0.2, 0.25) is 0 Å². The van der Waals surface area contributed by atoms with Crippen LogP contribution in [-0.2, 0) is 6.42 Å². The van der Waals surface area contributed by atoms with Crippen LogP contribution in [0.3, 0.4) is 0 Å². The molecule has 0 saturated carbocycles. The third-order valence-corrected chi connectivity index (χ3v) is 2.53. The lowest BCUT2D eigenvalue weighted by Crippen LogP contribution is -1.83. The van der Waals surface area contributed by atoms with Crippen molar-refractivity contribution in [3.8, 4) is 0 Å². The molecule has 1 nitrogen and oxygen atoms in total. The number of nitrogens with one attached hydrogen (secondary N) is 1. The van der Waals surface area contributed by atoms with Crippen LogP contribution in [0, 0.1) is 6.92 Å². The van der Waals surface area contributed by atoms with Gasteiger partial charge in [-0.1, -0.05) is 59.2 Å². The second-order valence-electron chi connectivity index (χ2n) is 3.52. The highest BCUT2D eigenvalue weighted by molar-refractivity contribution is 5.84. The Kier molecular flexibility index (Phi) is 8.21. The Hall–Kier alpha value is -1.24. The monoisotopic (exact) mass is 233 g/mol. The summed E-state index contributed by atoms with van der Waals surface area (Å²) in [6, 6.07) is 8.52. The summed E-state index contributed by atoms with van der Waals surface area (Å²) in [5.41, 5.74) is 4.07. The molecule has 0 unspecified atom stereocenters. The van der Waals surface area contributed by atoms with Gasteiger partial charge in [0.1, 0.15) is 0 Å². The third-order valence-electron chi connectivity index (χ3n) is 2.53. The maximum absolute atomic E-state index is 3.41. The van der Waals surface area contributed by atoms with E-state index in [-0.39, 0.29) is 0 Å². The highest BCUT2D eigenvalue weighted by Crippen LogP contribution is 2.22. The number of benzene rings is 1. The molecule has 1 N–H and O–H groups in total. The minimum Gasteiger partial charge on any atom is -0.358 e. The van der Waals surface area contributed by atoms with Crippen LogP contribution >= 0.6 is 0 Å². The van der Waals surface area contributed by atoms with Crippen molar-refractivity contribution >= 4 is 10.9 Å². The van der Waals surface area contributed by atoms with Gasteiger partial charge in [-0.2, -0.15) is 0 Å². The molecule has 0 atom stereocenters. The first-order valence-electron chi connectivity index (χ1n) is 6.89. The standard InChI is InChI=1S/C12H15N.2C2H6/c1-3-6-10-9(2)13-12-8-5-4-7-11(10)12;2*1-2/h4-5,7-8,13H,3,6H2,1-2H3;2*1-2H3. The van der Waals surface area contributed by atoms with Gasteiger partial charge in [-0.25, -0.2) is 0 Å². The average molecular weight is 233 g/mol. The van der Waals surface area contributed by atoms with Gasteiger partial charge >= 0.3 is 0 Å². The molecule has 0 fully saturated rings. The van der Waals surface area contributed by atoms with E-state index < -0.39 is 0 Å². The van der Waals surface area contributed by atoms with Crippen LogP contribution in [0.1, 0.15) is 52.3 Å². The van der Waals surface area contributed by atoms with Gasteiger partial charge in [0.2, 0.25) is 0 Å². The molecule has 0 saturated heterocycles. The normalized spacial score (nSPS) is 9.06. The van der Waals surface area contributed by atoms with Crippen molar-refractivity contribution in [2.24, 2.45) is 0 Å². The topological polar surface area (TPSA) is 15.8 Å². The molecule has 1 aromatic carbocycles. The summed E-state index contributed by atoms with van der Waals surface area (Å²) in [6.07, 6.45) is 2.39. The van der Waals surface area contributed by atoms with Crippen LogP contribution in [0.4, 0.5) is 0 Å². The van der Waals surface area contributed by atoms with E-state index in [4.69, 9.17) is 0 Å². The largest absolute Gasteiger partial charge is 0.358 e. The summed E-state index contributed by atoms with van der Waals surface area (Å²) in [4.78, 5) is 3.41. The number of aromatic nitrogens is 1. The molecule has 0 spiro atoms. The molecule has 1 heteroatoms. The number of aromatic amines is 1. The highest BCUT2D eigenvalue weighted by Gasteiger charge is 2.05. The van der Waals surface area contributed by atoms with E-state index in [0.717, 1.165) is 0 Å². The summed E-state index contributed by atoms with van der Waals surface area (Å²) < 4.78 is 0. The Bertz CT molecular complexity index is 412. The molecule has 0 amide bonds. The fourth-order valence-corrected chi connectivity index (χ4v) is 1.91. The third kappa shape index (κ3) is 3.92. The van der Waals surface area contributed by atoms with E-state index in [9.17, 15) is 0 Å². The summed E-state index contributed by atoms with van der Waals surface area (Å²) >= 11 is 0. The summed E-state index contributed by atoms with van der Waals surface area (Å²) in [5.74, 6) is 0. The van der Waals surface area contributed by atoms with Crippen LogP contribution in [0.25, 0.3) is 10.9 Å². The minimum atomic E-state index is 1.18. The lowest BCUT2D eigenvalue weighted by molar-refractivity contribution is 0.918. The van der Waals surface area contributed by atoms with Crippen LogP contribution in [0.5, 0.6) is 0 Å². The number of para-hydroxylation sites is 1. The molecular weight excluding hydrogens is 206 g/mol. The fourth-order valence-electron chi connectivity index (χ4n) is 1.91. The highest BCUT2D eigenvalue weighted by atomic mass is 14.7. The van der Waals surface area contributed by atoms with Gasteiger partial charge in [0.25, 0.3) is 0 Å². The number of rotatable bonds is 2. The van der Waals surface area contributed by atoms with Crippen molar-refractivity contribution in [2.75, 3.05) is 0 Å². The molecule has 0 bridgehead atoms. The molecule has 0 aliphatic heterocycles. The molecule has 96 valence electrons. The van der Waals surface area contributed by atoms with E-state index >= 15 is 0 Å². The van der Waals surface area contributed by atoms with Gasteiger partial charge in [-0.3, -0.25) is 0 Å². The van der Waals surface area contributed by atoms with Gasteiger partial charge in [-0.15, -0.1) is 0 Å². The first-order valence-corrected chi connectivity index (χ1v) is 6.89. The zero-order valence-electron chi connectivity index (χ0n) is 12.2. The number of H-pyrrole nitrogens is 1. The van der Waals surface area contributed by atoms with Crippen molar-refractivity contribution in [3.05, 3.63) is 35.5 Å². The van der Waals surface area contributed by atoms with Crippen molar-refractivity contribution in [1.29, 1.82) is 0 Å². The van der Waals surface area contributed by atoms with Gasteiger partial charge in [0.15, 0.2) is 0 Å².